The number of aryl methyl sites for hydroxylation is 1. The Hall–Kier alpha value is -1.98. The Morgan fingerprint density at radius 2 is 1.95 bits per heavy atom. The zero-order valence-corrected chi connectivity index (χ0v) is 12.0. The zero-order valence-electron chi connectivity index (χ0n) is 10.5. The molecule has 102 valence electrons. The fraction of sp³-hybridized carbons (Fsp3) is 0.0769. The molecular formula is C13H10Cl2N4O. The van der Waals surface area contributed by atoms with Crippen LogP contribution >= 0.6 is 23.2 Å². The Morgan fingerprint density at radius 3 is 2.75 bits per heavy atom. The van der Waals surface area contributed by atoms with E-state index < -0.39 is 0 Å². The number of hydrogen-bond acceptors (Lipinski definition) is 4. The first-order valence-corrected chi connectivity index (χ1v) is 6.53. The number of nitrogens with zero attached hydrogens (tertiary/aromatic N) is 3. The van der Waals surface area contributed by atoms with E-state index in [1.807, 2.05) is 13.0 Å². The van der Waals surface area contributed by atoms with Crippen molar-refractivity contribution in [2.45, 2.75) is 6.92 Å². The molecule has 2 heterocycles. The molecular weight excluding hydrogens is 299 g/mol. The summed E-state index contributed by atoms with van der Waals surface area (Å²) in [4.78, 5) is 4.19. The monoisotopic (exact) mass is 308 g/mol. The summed E-state index contributed by atoms with van der Waals surface area (Å²) in [6, 6.07) is 4.98. The summed E-state index contributed by atoms with van der Waals surface area (Å²) in [5, 5.41) is 5.03. The highest BCUT2D eigenvalue weighted by Gasteiger charge is 2.11. The molecule has 5 nitrogen and oxygen atoms in total. The largest absolute Gasteiger partial charge is 0.435 e. The lowest BCUT2D eigenvalue weighted by molar-refractivity contribution is 0.468. The van der Waals surface area contributed by atoms with E-state index in [2.05, 4.69) is 10.1 Å². The number of halogens is 2. The van der Waals surface area contributed by atoms with Gasteiger partial charge in [-0.25, -0.2) is 9.50 Å². The molecule has 0 fully saturated rings. The summed E-state index contributed by atoms with van der Waals surface area (Å²) in [6.07, 6.45) is 3.34. The first-order chi connectivity index (χ1) is 9.54. The van der Waals surface area contributed by atoms with E-state index in [1.165, 1.54) is 0 Å². The molecule has 0 unspecified atom stereocenters. The lowest BCUT2D eigenvalue weighted by Crippen LogP contribution is -1.97. The van der Waals surface area contributed by atoms with E-state index in [1.54, 1.807) is 29.0 Å². The predicted molar refractivity (Wildman–Crippen MR) is 78.7 cm³/mol. The van der Waals surface area contributed by atoms with Crippen molar-refractivity contribution in [3.63, 3.8) is 0 Å². The smallest absolute Gasteiger partial charge is 0.245 e. The summed E-state index contributed by atoms with van der Waals surface area (Å²) in [5.74, 6) is 0.803. The number of anilines is 1. The van der Waals surface area contributed by atoms with E-state index in [0.717, 1.165) is 11.2 Å². The van der Waals surface area contributed by atoms with Crippen LogP contribution in [-0.2, 0) is 0 Å². The molecule has 1 aromatic carbocycles. The van der Waals surface area contributed by atoms with Crippen LogP contribution in [0.3, 0.4) is 0 Å². The van der Waals surface area contributed by atoms with Crippen molar-refractivity contribution >= 4 is 34.4 Å². The van der Waals surface area contributed by atoms with Crippen molar-refractivity contribution in [3.05, 3.63) is 46.3 Å². The van der Waals surface area contributed by atoms with Gasteiger partial charge < -0.3 is 10.5 Å². The molecule has 3 aromatic rings. The van der Waals surface area contributed by atoms with Gasteiger partial charge in [-0.3, -0.25) is 0 Å². The highest BCUT2D eigenvalue weighted by atomic mass is 35.5. The van der Waals surface area contributed by atoms with E-state index >= 15 is 0 Å². The number of fused-ring (bicyclic) bond motifs is 1. The molecule has 7 heteroatoms. The van der Waals surface area contributed by atoms with Gasteiger partial charge in [0.2, 0.25) is 5.88 Å². The molecule has 0 aliphatic carbocycles. The molecule has 20 heavy (non-hydrogen) atoms. The average Bonchev–Trinajstić information content (AvgIpc) is 2.77. The third kappa shape index (κ3) is 2.26. The van der Waals surface area contributed by atoms with E-state index in [-0.39, 0.29) is 0 Å². The van der Waals surface area contributed by atoms with Gasteiger partial charge in [-0.05, 0) is 19.1 Å². The maximum atomic E-state index is 5.97. The summed E-state index contributed by atoms with van der Waals surface area (Å²) in [7, 11) is 0. The highest BCUT2D eigenvalue weighted by Crippen LogP contribution is 2.35. The Balaban J connectivity index is 2.07. The predicted octanol–water partition coefficient (Wildman–Crippen LogP) is 3.72. The van der Waals surface area contributed by atoms with Crippen LogP contribution in [0.4, 0.5) is 5.69 Å². The second-order valence-electron chi connectivity index (χ2n) is 4.25. The van der Waals surface area contributed by atoms with Gasteiger partial charge in [-0.2, -0.15) is 5.10 Å². The molecule has 0 atom stereocenters. The molecule has 0 aliphatic heterocycles. The molecule has 0 saturated heterocycles. The molecule has 2 aromatic heterocycles. The van der Waals surface area contributed by atoms with Crippen LogP contribution in [0.15, 0.2) is 30.6 Å². The van der Waals surface area contributed by atoms with Gasteiger partial charge >= 0.3 is 0 Å². The summed E-state index contributed by atoms with van der Waals surface area (Å²) < 4.78 is 7.42. The topological polar surface area (TPSA) is 65.4 Å². The SMILES string of the molecule is Cc1cc2c(Oc3cc(Cl)c(Cl)cc3N)nccn2n1. The Bertz CT molecular complexity index is 800. The van der Waals surface area contributed by atoms with Crippen LogP contribution in [0, 0.1) is 6.92 Å². The number of nitrogens with two attached hydrogens (primary N) is 1. The minimum atomic E-state index is 0.368. The summed E-state index contributed by atoms with van der Waals surface area (Å²) in [5.41, 5.74) is 7.87. The maximum absolute atomic E-state index is 5.97. The normalized spacial score (nSPS) is 10.9. The number of nitrogen functional groups attached to an aromatic ring is 1. The molecule has 0 spiro atoms. The molecule has 0 bridgehead atoms. The zero-order chi connectivity index (χ0) is 14.3. The van der Waals surface area contributed by atoms with Crippen LogP contribution in [0.2, 0.25) is 10.0 Å². The highest BCUT2D eigenvalue weighted by molar-refractivity contribution is 6.42. The van der Waals surface area contributed by atoms with Crippen molar-refractivity contribution in [1.82, 2.24) is 14.6 Å². The number of rotatable bonds is 2. The van der Waals surface area contributed by atoms with E-state index in [0.29, 0.717) is 27.4 Å². The van der Waals surface area contributed by atoms with E-state index in [9.17, 15) is 0 Å². The lowest BCUT2D eigenvalue weighted by atomic mass is 10.3. The average molecular weight is 309 g/mol. The van der Waals surface area contributed by atoms with Crippen molar-refractivity contribution < 1.29 is 4.74 Å². The van der Waals surface area contributed by atoms with Crippen LogP contribution in [0.5, 0.6) is 11.6 Å². The van der Waals surface area contributed by atoms with E-state index in [4.69, 9.17) is 33.7 Å². The number of ether oxygens (including phenoxy) is 1. The van der Waals surface area contributed by atoms with Gasteiger partial charge in [0.05, 0.1) is 21.4 Å². The first kappa shape index (κ1) is 13.0. The van der Waals surface area contributed by atoms with Crippen LogP contribution in [0.1, 0.15) is 5.69 Å². The molecule has 2 N–H and O–H groups in total. The minimum Gasteiger partial charge on any atom is -0.435 e. The number of benzene rings is 1. The molecule has 0 aliphatic rings. The Morgan fingerprint density at radius 1 is 1.20 bits per heavy atom. The van der Waals surface area contributed by atoms with Crippen LogP contribution in [-0.4, -0.2) is 14.6 Å². The first-order valence-electron chi connectivity index (χ1n) is 5.78. The molecule has 0 radical (unpaired) electrons. The third-order valence-corrected chi connectivity index (χ3v) is 3.46. The van der Waals surface area contributed by atoms with Crippen molar-refractivity contribution in [1.29, 1.82) is 0 Å². The van der Waals surface area contributed by atoms with Gasteiger partial charge in [0, 0.05) is 18.5 Å². The summed E-state index contributed by atoms with van der Waals surface area (Å²) >= 11 is 11.9. The van der Waals surface area contributed by atoms with Crippen LogP contribution in [0.25, 0.3) is 5.52 Å². The third-order valence-electron chi connectivity index (χ3n) is 2.74. The quantitative estimate of drug-likeness (QED) is 0.733. The maximum Gasteiger partial charge on any atom is 0.245 e. The fourth-order valence-corrected chi connectivity index (χ4v) is 2.16. The van der Waals surface area contributed by atoms with Gasteiger partial charge in [-0.15, -0.1) is 0 Å². The number of hydrogen-bond donors (Lipinski definition) is 1. The minimum absolute atomic E-state index is 0.368. The van der Waals surface area contributed by atoms with Gasteiger partial charge in [0.25, 0.3) is 0 Å². The second kappa shape index (κ2) is 4.85. The Kier molecular flexibility index (Phi) is 3.16. The molecule has 0 amide bonds. The van der Waals surface area contributed by atoms with Crippen molar-refractivity contribution in [3.8, 4) is 11.6 Å². The second-order valence-corrected chi connectivity index (χ2v) is 5.07. The van der Waals surface area contributed by atoms with Gasteiger partial charge in [0.15, 0.2) is 5.75 Å². The van der Waals surface area contributed by atoms with Crippen molar-refractivity contribution in [2.75, 3.05) is 5.73 Å². The van der Waals surface area contributed by atoms with Crippen LogP contribution < -0.4 is 10.5 Å². The van der Waals surface area contributed by atoms with Crippen molar-refractivity contribution in [2.24, 2.45) is 0 Å². The number of aromatic nitrogens is 3. The Labute approximate surface area is 124 Å². The summed E-state index contributed by atoms with van der Waals surface area (Å²) in [6.45, 7) is 1.89. The van der Waals surface area contributed by atoms with Gasteiger partial charge in [-0.1, -0.05) is 23.2 Å². The van der Waals surface area contributed by atoms with Gasteiger partial charge in [0.1, 0.15) is 5.52 Å². The molecule has 0 saturated carbocycles. The fourth-order valence-electron chi connectivity index (χ4n) is 1.84. The molecule has 3 rings (SSSR count). The standard InChI is InChI=1S/C13H10Cl2N4O/c1-7-4-11-13(17-2-3-19(11)18-7)20-12-6-9(15)8(14)5-10(12)16/h2-6H,16H2,1H3. The lowest BCUT2D eigenvalue weighted by Gasteiger charge is -2.09.